The first-order valence-corrected chi connectivity index (χ1v) is 6.07. The van der Waals surface area contributed by atoms with Gasteiger partial charge in [-0.1, -0.05) is 0 Å². The first kappa shape index (κ1) is 13.8. The highest BCUT2D eigenvalue weighted by molar-refractivity contribution is 5.86. The summed E-state index contributed by atoms with van der Waals surface area (Å²) in [5, 5.41) is 5.89. The van der Waals surface area contributed by atoms with Crippen LogP contribution in [0.25, 0.3) is 0 Å². The van der Waals surface area contributed by atoms with Gasteiger partial charge in [-0.2, -0.15) is 0 Å². The number of hydrogen-bond donors (Lipinski definition) is 2. The van der Waals surface area contributed by atoms with E-state index < -0.39 is 6.04 Å². The highest BCUT2D eigenvalue weighted by Crippen LogP contribution is 1.98. The van der Waals surface area contributed by atoms with Crippen LogP contribution in [0, 0.1) is 0 Å². The Morgan fingerprint density at radius 1 is 1.41 bits per heavy atom. The number of hydrogen-bond acceptors (Lipinski definition) is 3. The van der Waals surface area contributed by atoms with Gasteiger partial charge in [0.2, 0.25) is 5.91 Å². The van der Waals surface area contributed by atoms with Crippen LogP contribution in [-0.2, 0) is 4.79 Å². The Kier molecular flexibility index (Phi) is 5.21. The molecule has 1 fully saturated rings. The molecule has 6 nitrogen and oxygen atoms in total. The topological polar surface area (TPSA) is 64.7 Å². The molecule has 0 spiro atoms. The molecule has 0 aromatic heterocycles. The van der Waals surface area contributed by atoms with Crippen molar-refractivity contribution >= 4 is 11.9 Å². The molecule has 1 saturated heterocycles. The summed E-state index contributed by atoms with van der Waals surface area (Å²) in [5.41, 5.74) is 0. The van der Waals surface area contributed by atoms with E-state index in [9.17, 15) is 9.59 Å². The van der Waals surface area contributed by atoms with Crippen molar-refractivity contribution in [1.29, 1.82) is 0 Å². The summed E-state index contributed by atoms with van der Waals surface area (Å²) < 4.78 is 0. The zero-order valence-corrected chi connectivity index (χ0v) is 10.8. The minimum absolute atomic E-state index is 0.00986. The lowest BCUT2D eigenvalue weighted by atomic mass is 10.2. The van der Waals surface area contributed by atoms with Gasteiger partial charge >= 0.3 is 6.03 Å². The lowest BCUT2D eigenvalue weighted by Gasteiger charge is -2.30. The van der Waals surface area contributed by atoms with Gasteiger partial charge in [0.15, 0.2) is 0 Å². The molecule has 2 N–H and O–H groups in total. The zero-order valence-electron chi connectivity index (χ0n) is 10.8. The van der Waals surface area contributed by atoms with Crippen molar-refractivity contribution in [3.05, 3.63) is 0 Å². The maximum Gasteiger partial charge on any atom is 0.317 e. The van der Waals surface area contributed by atoms with Gasteiger partial charge in [0.1, 0.15) is 6.04 Å². The number of nitrogens with zero attached hydrogens (tertiary/aromatic N) is 2. The van der Waals surface area contributed by atoms with Crippen molar-refractivity contribution in [3.63, 3.8) is 0 Å². The Balaban J connectivity index is 2.43. The van der Waals surface area contributed by atoms with E-state index in [4.69, 9.17) is 0 Å². The summed E-state index contributed by atoms with van der Waals surface area (Å²) in [6, 6.07) is -0.668. The predicted octanol–water partition coefficient (Wildman–Crippen LogP) is -0.532. The molecule has 1 aliphatic heterocycles. The third-order valence-electron chi connectivity index (χ3n) is 2.96. The molecule has 1 unspecified atom stereocenters. The van der Waals surface area contributed by atoms with Crippen LogP contribution < -0.4 is 10.6 Å². The van der Waals surface area contributed by atoms with Crippen LogP contribution in [0.1, 0.15) is 13.8 Å². The molecule has 1 heterocycles. The van der Waals surface area contributed by atoms with Crippen LogP contribution in [-0.4, -0.2) is 67.6 Å². The fraction of sp³-hybridized carbons (Fsp3) is 0.818. The van der Waals surface area contributed by atoms with Crippen LogP contribution in [0.4, 0.5) is 4.79 Å². The van der Waals surface area contributed by atoms with Gasteiger partial charge in [0.25, 0.3) is 0 Å². The number of nitrogens with one attached hydrogen (secondary N) is 2. The Labute approximate surface area is 102 Å². The summed E-state index contributed by atoms with van der Waals surface area (Å²) >= 11 is 0. The third kappa shape index (κ3) is 3.89. The van der Waals surface area contributed by atoms with Crippen molar-refractivity contribution in [3.8, 4) is 0 Å². The van der Waals surface area contributed by atoms with Crippen LogP contribution in [0.5, 0.6) is 0 Å². The second-order valence-corrected chi connectivity index (χ2v) is 4.26. The molecule has 6 heteroatoms. The molecule has 1 aliphatic rings. The summed E-state index contributed by atoms with van der Waals surface area (Å²) in [4.78, 5) is 26.9. The highest BCUT2D eigenvalue weighted by Gasteiger charge is 2.23. The van der Waals surface area contributed by atoms with Gasteiger partial charge < -0.3 is 20.4 Å². The van der Waals surface area contributed by atoms with Crippen molar-refractivity contribution < 1.29 is 9.59 Å². The Hall–Kier alpha value is -1.30. The van der Waals surface area contributed by atoms with E-state index in [0.29, 0.717) is 19.6 Å². The average Bonchev–Trinajstić information content (AvgIpc) is 2.37. The summed E-state index contributed by atoms with van der Waals surface area (Å²) in [6.07, 6.45) is 0. The zero-order chi connectivity index (χ0) is 12.8. The Morgan fingerprint density at radius 3 is 2.53 bits per heavy atom. The monoisotopic (exact) mass is 242 g/mol. The molecule has 98 valence electrons. The lowest BCUT2D eigenvalue weighted by Crippen LogP contribution is -2.54. The largest absolute Gasteiger partial charge is 0.338 e. The van der Waals surface area contributed by atoms with Crippen LogP contribution in [0.3, 0.4) is 0 Å². The molecule has 0 aromatic carbocycles. The van der Waals surface area contributed by atoms with E-state index in [1.54, 1.807) is 23.8 Å². The fourth-order valence-electron chi connectivity index (χ4n) is 1.66. The minimum atomic E-state index is -0.463. The highest BCUT2D eigenvalue weighted by atomic mass is 16.2. The molecule has 1 rings (SSSR count). The van der Waals surface area contributed by atoms with Gasteiger partial charge in [-0.05, 0) is 13.8 Å². The quantitative estimate of drug-likeness (QED) is 0.699. The second kappa shape index (κ2) is 6.44. The first-order chi connectivity index (χ1) is 8.06. The van der Waals surface area contributed by atoms with Gasteiger partial charge in [0.05, 0.1) is 0 Å². The summed E-state index contributed by atoms with van der Waals surface area (Å²) in [5.74, 6) is -0.00986. The summed E-state index contributed by atoms with van der Waals surface area (Å²) in [6.45, 7) is 7.31. The molecule has 0 aliphatic carbocycles. The van der Waals surface area contributed by atoms with Gasteiger partial charge in [-0.25, -0.2) is 4.79 Å². The maximum atomic E-state index is 12.0. The van der Waals surface area contributed by atoms with Crippen molar-refractivity contribution in [2.24, 2.45) is 0 Å². The van der Waals surface area contributed by atoms with Crippen LogP contribution in [0.15, 0.2) is 0 Å². The molecular formula is C11H22N4O2. The number of rotatable bonds is 3. The summed E-state index contributed by atoms with van der Waals surface area (Å²) in [7, 11) is 1.71. The molecular weight excluding hydrogens is 220 g/mol. The molecule has 17 heavy (non-hydrogen) atoms. The number of carbonyl (C=O) groups is 2. The van der Waals surface area contributed by atoms with E-state index in [0.717, 1.165) is 13.1 Å². The van der Waals surface area contributed by atoms with Gasteiger partial charge in [-0.15, -0.1) is 0 Å². The van der Waals surface area contributed by atoms with Gasteiger partial charge in [-0.3, -0.25) is 4.79 Å². The van der Waals surface area contributed by atoms with E-state index in [-0.39, 0.29) is 11.9 Å². The molecule has 3 amide bonds. The SMILES string of the molecule is CCN(C)C(=O)NC(C)C(=O)N1CCNCC1. The second-order valence-electron chi connectivity index (χ2n) is 4.26. The first-order valence-electron chi connectivity index (χ1n) is 6.07. The molecule has 0 bridgehead atoms. The average molecular weight is 242 g/mol. The van der Waals surface area contributed by atoms with Crippen molar-refractivity contribution in [2.45, 2.75) is 19.9 Å². The number of carbonyl (C=O) groups excluding carboxylic acids is 2. The molecule has 1 atom stereocenters. The fourth-order valence-corrected chi connectivity index (χ4v) is 1.66. The predicted molar refractivity (Wildman–Crippen MR) is 65.7 cm³/mol. The number of urea groups is 1. The van der Waals surface area contributed by atoms with E-state index in [1.807, 2.05) is 6.92 Å². The normalized spacial score (nSPS) is 17.5. The van der Waals surface area contributed by atoms with E-state index in [1.165, 1.54) is 0 Å². The third-order valence-corrected chi connectivity index (χ3v) is 2.96. The van der Waals surface area contributed by atoms with Crippen LogP contribution in [0.2, 0.25) is 0 Å². The number of amides is 3. The minimum Gasteiger partial charge on any atom is -0.338 e. The van der Waals surface area contributed by atoms with E-state index >= 15 is 0 Å². The molecule has 0 saturated carbocycles. The van der Waals surface area contributed by atoms with E-state index in [2.05, 4.69) is 10.6 Å². The number of piperazine rings is 1. The van der Waals surface area contributed by atoms with Gasteiger partial charge in [0, 0.05) is 39.8 Å². The Morgan fingerprint density at radius 2 is 2.00 bits per heavy atom. The van der Waals surface area contributed by atoms with Crippen molar-refractivity contribution in [2.75, 3.05) is 39.8 Å². The smallest absolute Gasteiger partial charge is 0.317 e. The molecule has 0 aromatic rings. The standard InChI is InChI=1S/C11H22N4O2/c1-4-14(3)11(17)13-9(2)10(16)15-7-5-12-6-8-15/h9,12H,4-8H2,1-3H3,(H,13,17). The maximum absolute atomic E-state index is 12.0. The molecule has 0 radical (unpaired) electrons. The Bertz CT molecular complexity index is 277. The van der Waals surface area contributed by atoms with Crippen molar-refractivity contribution in [1.82, 2.24) is 20.4 Å². The van der Waals surface area contributed by atoms with Crippen LogP contribution >= 0.6 is 0 Å². The lowest BCUT2D eigenvalue weighted by molar-refractivity contribution is -0.133.